The fraction of sp³-hybridized carbons (Fsp3) is 0.933. The zero-order chi connectivity index (χ0) is 13.6. The van der Waals surface area contributed by atoms with Crippen molar-refractivity contribution >= 4 is 17.7 Å². The monoisotopic (exact) mass is 284 g/mol. The van der Waals surface area contributed by atoms with Gasteiger partial charge in [-0.2, -0.15) is 11.8 Å². The van der Waals surface area contributed by atoms with Crippen LogP contribution >= 0.6 is 11.8 Å². The van der Waals surface area contributed by atoms with Crippen molar-refractivity contribution in [3.63, 3.8) is 0 Å². The molecule has 1 unspecified atom stereocenters. The van der Waals surface area contributed by atoms with Crippen molar-refractivity contribution in [1.29, 1.82) is 0 Å². The van der Waals surface area contributed by atoms with E-state index >= 15 is 0 Å². The molecular weight excluding hydrogens is 256 g/mol. The standard InChI is InChI=1S/C15H28N2OS/c1-19-15(9-3-4-10-15)12-17-14(18)8-7-13-6-2-5-11-16-13/h13,16H,2-12H2,1H3,(H,17,18). The van der Waals surface area contributed by atoms with E-state index in [2.05, 4.69) is 16.9 Å². The van der Waals surface area contributed by atoms with Gasteiger partial charge in [0, 0.05) is 23.8 Å². The first kappa shape index (κ1) is 15.2. The Morgan fingerprint density at radius 1 is 1.32 bits per heavy atom. The van der Waals surface area contributed by atoms with Crippen molar-refractivity contribution in [2.45, 2.75) is 68.6 Å². The molecule has 1 aliphatic carbocycles. The molecule has 1 saturated carbocycles. The van der Waals surface area contributed by atoms with Gasteiger partial charge in [0.25, 0.3) is 0 Å². The molecule has 2 rings (SSSR count). The smallest absolute Gasteiger partial charge is 0.220 e. The van der Waals surface area contributed by atoms with E-state index in [1.807, 2.05) is 11.8 Å². The average molecular weight is 284 g/mol. The van der Waals surface area contributed by atoms with Crippen LogP contribution in [0, 0.1) is 0 Å². The number of hydrogen-bond acceptors (Lipinski definition) is 3. The SMILES string of the molecule is CSC1(CNC(=O)CCC2CCCCN2)CCCC1. The van der Waals surface area contributed by atoms with Crippen LogP contribution in [-0.4, -0.2) is 36.0 Å². The number of carbonyl (C=O) groups excluding carboxylic acids is 1. The van der Waals surface area contributed by atoms with Crippen LogP contribution in [0.3, 0.4) is 0 Å². The lowest BCUT2D eigenvalue weighted by Crippen LogP contribution is -2.39. The molecule has 0 spiro atoms. The Morgan fingerprint density at radius 3 is 2.74 bits per heavy atom. The largest absolute Gasteiger partial charge is 0.355 e. The fourth-order valence-electron chi connectivity index (χ4n) is 3.30. The molecule has 0 radical (unpaired) electrons. The first-order valence-electron chi connectivity index (χ1n) is 7.79. The zero-order valence-electron chi connectivity index (χ0n) is 12.2. The molecule has 0 aromatic carbocycles. The highest BCUT2D eigenvalue weighted by Crippen LogP contribution is 2.39. The Balaban J connectivity index is 1.63. The second-order valence-corrected chi connectivity index (χ2v) is 7.33. The van der Waals surface area contributed by atoms with Crippen LogP contribution in [0.15, 0.2) is 0 Å². The van der Waals surface area contributed by atoms with Gasteiger partial charge in [-0.3, -0.25) is 4.79 Å². The second-order valence-electron chi connectivity index (χ2n) is 6.06. The average Bonchev–Trinajstić information content (AvgIpc) is 2.93. The van der Waals surface area contributed by atoms with E-state index in [1.54, 1.807) is 0 Å². The molecular formula is C15H28N2OS. The summed E-state index contributed by atoms with van der Waals surface area (Å²) >= 11 is 1.94. The molecule has 1 heterocycles. The van der Waals surface area contributed by atoms with Gasteiger partial charge in [0.15, 0.2) is 0 Å². The van der Waals surface area contributed by atoms with Crippen molar-refractivity contribution in [1.82, 2.24) is 10.6 Å². The molecule has 0 aromatic rings. The number of hydrogen-bond donors (Lipinski definition) is 2. The van der Waals surface area contributed by atoms with Crippen LogP contribution in [0.1, 0.15) is 57.8 Å². The van der Waals surface area contributed by atoms with Gasteiger partial charge < -0.3 is 10.6 Å². The Kier molecular flexibility index (Phi) is 6.02. The highest BCUT2D eigenvalue weighted by molar-refractivity contribution is 8.00. The first-order valence-corrected chi connectivity index (χ1v) is 9.02. The maximum absolute atomic E-state index is 12.0. The molecule has 1 aliphatic heterocycles. The van der Waals surface area contributed by atoms with Crippen molar-refractivity contribution in [3.05, 3.63) is 0 Å². The van der Waals surface area contributed by atoms with Gasteiger partial charge in [0.05, 0.1) is 0 Å². The minimum atomic E-state index is 0.243. The summed E-state index contributed by atoms with van der Waals surface area (Å²) in [6.45, 7) is 1.99. The summed E-state index contributed by atoms with van der Waals surface area (Å²) in [4.78, 5) is 12.0. The Morgan fingerprint density at radius 2 is 2.11 bits per heavy atom. The molecule has 3 nitrogen and oxygen atoms in total. The predicted octanol–water partition coefficient (Wildman–Crippen LogP) is 2.70. The Bertz CT molecular complexity index is 284. The molecule has 110 valence electrons. The third-order valence-electron chi connectivity index (χ3n) is 4.69. The second kappa shape index (κ2) is 7.53. The number of carbonyl (C=O) groups is 1. The minimum absolute atomic E-state index is 0.243. The molecule has 2 aliphatic rings. The molecule has 2 N–H and O–H groups in total. The fourth-order valence-corrected chi connectivity index (χ4v) is 4.21. The predicted molar refractivity (Wildman–Crippen MR) is 82.6 cm³/mol. The van der Waals surface area contributed by atoms with E-state index in [4.69, 9.17) is 0 Å². The molecule has 0 bridgehead atoms. The van der Waals surface area contributed by atoms with E-state index in [1.165, 1.54) is 44.9 Å². The summed E-state index contributed by atoms with van der Waals surface area (Å²) < 4.78 is 0.332. The van der Waals surface area contributed by atoms with Gasteiger partial charge in [-0.1, -0.05) is 19.3 Å². The Hall–Kier alpha value is -0.220. The normalized spacial score (nSPS) is 26.3. The molecule has 2 fully saturated rings. The van der Waals surface area contributed by atoms with Crippen LogP contribution in [-0.2, 0) is 4.79 Å². The van der Waals surface area contributed by atoms with Gasteiger partial charge in [0.2, 0.25) is 5.91 Å². The summed E-state index contributed by atoms with van der Waals surface area (Å²) in [5.74, 6) is 0.243. The van der Waals surface area contributed by atoms with Gasteiger partial charge in [-0.15, -0.1) is 0 Å². The van der Waals surface area contributed by atoms with Crippen LogP contribution in [0.2, 0.25) is 0 Å². The summed E-state index contributed by atoms with van der Waals surface area (Å²) in [6.07, 6.45) is 12.9. The Labute approximate surface area is 121 Å². The minimum Gasteiger partial charge on any atom is -0.355 e. The third-order valence-corrected chi connectivity index (χ3v) is 6.11. The van der Waals surface area contributed by atoms with Gasteiger partial charge >= 0.3 is 0 Å². The van der Waals surface area contributed by atoms with E-state index in [0.29, 0.717) is 17.2 Å². The van der Waals surface area contributed by atoms with Crippen LogP contribution in [0.5, 0.6) is 0 Å². The number of thioether (sulfide) groups is 1. The van der Waals surface area contributed by atoms with Gasteiger partial charge in [-0.25, -0.2) is 0 Å². The van der Waals surface area contributed by atoms with Crippen molar-refractivity contribution in [2.75, 3.05) is 19.3 Å². The quantitative estimate of drug-likeness (QED) is 0.788. The molecule has 1 saturated heterocycles. The van der Waals surface area contributed by atoms with E-state index < -0.39 is 0 Å². The summed E-state index contributed by atoms with van der Waals surface area (Å²) in [6, 6.07) is 0.570. The van der Waals surface area contributed by atoms with Crippen LogP contribution in [0.4, 0.5) is 0 Å². The molecule has 4 heteroatoms. The third kappa shape index (κ3) is 4.67. The van der Waals surface area contributed by atoms with Crippen molar-refractivity contribution in [3.8, 4) is 0 Å². The zero-order valence-corrected chi connectivity index (χ0v) is 13.0. The summed E-state index contributed by atoms with van der Waals surface area (Å²) in [7, 11) is 0. The molecule has 1 atom stereocenters. The van der Waals surface area contributed by atoms with Gasteiger partial charge in [0.1, 0.15) is 0 Å². The lowest BCUT2D eigenvalue weighted by Gasteiger charge is -2.27. The number of piperidine rings is 1. The lowest BCUT2D eigenvalue weighted by atomic mass is 10.0. The number of amides is 1. The van der Waals surface area contributed by atoms with Crippen molar-refractivity contribution in [2.24, 2.45) is 0 Å². The maximum atomic E-state index is 12.0. The number of rotatable bonds is 6. The highest BCUT2D eigenvalue weighted by atomic mass is 32.2. The number of nitrogens with one attached hydrogen (secondary N) is 2. The van der Waals surface area contributed by atoms with Crippen LogP contribution in [0.25, 0.3) is 0 Å². The highest BCUT2D eigenvalue weighted by Gasteiger charge is 2.33. The lowest BCUT2D eigenvalue weighted by molar-refractivity contribution is -0.121. The first-order chi connectivity index (χ1) is 9.24. The summed E-state index contributed by atoms with van der Waals surface area (Å²) in [5, 5.41) is 6.67. The van der Waals surface area contributed by atoms with Crippen molar-refractivity contribution < 1.29 is 4.79 Å². The van der Waals surface area contributed by atoms with Crippen LogP contribution < -0.4 is 10.6 Å². The molecule has 19 heavy (non-hydrogen) atoms. The van der Waals surface area contributed by atoms with E-state index in [9.17, 15) is 4.79 Å². The molecule has 1 amide bonds. The van der Waals surface area contributed by atoms with E-state index in [0.717, 1.165) is 19.5 Å². The maximum Gasteiger partial charge on any atom is 0.220 e. The topological polar surface area (TPSA) is 41.1 Å². The summed E-state index contributed by atoms with van der Waals surface area (Å²) in [5.41, 5.74) is 0. The van der Waals surface area contributed by atoms with E-state index in [-0.39, 0.29) is 5.91 Å². The van der Waals surface area contributed by atoms with Gasteiger partial charge in [-0.05, 0) is 44.9 Å². The molecule has 0 aromatic heterocycles.